The van der Waals surface area contributed by atoms with Crippen LogP contribution in [0.5, 0.6) is 5.75 Å². The summed E-state index contributed by atoms with van der Waals surface area (Å²) in [7, 11) is 0. The summed E-state index contributed by atoms with van der Waals surface area (Å²) in [6.07, 6.45) is 3.68. The molecule has 2 bridgehead atoms. The molecule has 0 saturated heterocycles. The Hall–Kier alpha value is -3.20. The predicted molar refractivity (Wildman–Crippen MR) is 95.3 cm³/mol. The number of anilines is 1. The van der Waals surface area contributed by atoms with Gasteiger partial charge < -0.3 is 20.5 Å². The van der Waals surface area contributed by atoms with Crippen molar-refractivity contribution in [2.24, 2.45) is 0 Å². The number of benzene rings is 1. The quantitative estimate of drug-likeness (QED) is 0.600. The van der Waals surface area contributed by atoms with Crippen molar-refractivity contribution >= 4 is 17.4 Å². The highest BCUT2D eigenvalue weighted by Crippen LogP contribution is 2.29. The van der Waals surface area contributed by atoms with Gasteiger partial charge in [0.25, 0.3) is 5.91 Å². The van der Waals surface area contributed by atoms with Crippen molar-refractivity contribution in [3.63, 3.8) is 0 Å². The van der Waals surface area contributed by atoms with Crippen LogP contribution in [0, 0.1) is 5.82 Å². The minimum absolute atomic E-state index is 0.270. The normalized spacial score (nSPS) is 17.6. The number of nitrogens with one attached hydrogen (secondary N) is 2. The molecule has 3 heterocycles. The smallest absolute Gasteiger partial charge is 0.256 e. The summed E-state index contributed by atoms with van der Waals surface area (Å²) < 4.78 is 21.0. The molecule has 1 atom stereocenters. The van der Waals surface area contributed by atoms with Crippen LogP contribution in [0.25, 0.3) is 5.65 Å². The fourth-order valence-electron chi connectivity index (χ4n) is 2.98. The Bertz CT molecular complexity index is 990. The lowest BCUT2D eigenvalue weighted by Crippen LogP contribution is -2.26. The van der Waals surface area contributed by atoms with Crippen LogP contribution in [0.2, 0.25) is 0 Å². The molecular weight excluding hydrogens is 353 g/mol. The first kappa shape index (κ1) is 17.2. The largest absolute Gasteiger partial charge is 0.493 e. The third-order valence-electron chi connectivity index (χ3n) is 4.33. The molecule has 8 nitrogen and oxygen atoms in total. The molecule has 4 rings (SSSR count). The van der Waals surface area contributed by atoms with Gasteiger partial charge in [-0.05, 0) is 30.7 Å². The lowest BCUT2D eigenvalue weighted by molar-refractivity contribution is 0.0953. The van der Waals surface area contributed by atoms with E-state index in [1.165, 1.54) is 28.9 Å². The second-order valence-electron chi connectivity index (χ2n) is 6.16. The van der Waals surface area contributed by atoms with Crippen LogP contribution in [0.1, 0.15) is 28.4 Å². The maximum absolute atomic E-state index is 13.8. The Morgan fingerprint density at radius 1 is 1.37 bits per heavy atom. The van der Waals surface area contributed by atoms with Crippen LogP contribution in [0.3, 0.4) is 0 Å². The number of hydrogen-bond acceptors (Lipinski definition) is 6. The fourth-order valence-corrected chi connectivity index (χ4v) is 2.98. The Morgan fingerprint density at radius 2 is 2.26 bits per heavy atom. The van der Waals surface area contributed by atoms with Gasteiger partial charge >= 0.3 is 0 Å². The first-order valence-electron chi connectivity index (χ1n) is 8.58. The molecule has 0 saturated carbocycles. The van der Waals surface area contributed by atoms with Crippen molar-refractivity contribution in [2.45, 2.75) is 12.5 Å². The Kier molecular flexibility index (Phi) is 4.59. The van der Waals surface area contributed by atoms with Gasteiger partial charge in [0.05, 0.1) is 25.5 Å². The summed E-state index contributed by atoms with van der Waals surface area (Å²) >= 11 is 0. The number of aliphatic hydroxyl groups is 1. The van der Waals surface area contributed by atoms with Crippen molar-refractivity contribution < 1.29 is 19.0 Å². The number of carbonyl (C=O) groups excluding carboxylic acids is 1. The van der Waals surface area contributed by atoms with Crippen molar-refractivity contribution in [3.05, 3.63) is 53.6 Å². The molecule has 27 heavy (non-hydrogen) atoms. The molecule has 2 aromatic heterocycles. The third kappa shape index (κ3) is 3.41. The van der Waals surface area contributed by atoms with Crippen LogP contribution >= 0.6 is 0 Å². The zero-order valence-electron chi connectivity index (χ0n) is 14.4. The van der Waals surface area contributed by atoms with E-state index in [0.29, 0.717) is 47.9 Å². The number of aromatic nitrogens is 3. The molecule has 9 heteroatoms. The second kappa shape index (κ2) is 7.20. The molecule has 0 fully saturated rings. The molecule has 0 radical (unpaired) electrons. The van der Waals surface area contributed by atoms with Gasteiger partial charge in [-0.2, -0.15) is 5.10 Å². The molecule has 1 aliphatic heterocycles. The van der Waals surface area contributed by atoms with Gasteiger partial charge in [0.1, 0.15) is 22.9 Å². The van der Waals surface area contributed by atoms with E-state index in [0.717, 1.165) is 0 Å². The summed E-state index contributed by atoms with van der Waals surface area (Å²) in [6.45, 7) is 0.456. The van der Waals surface area contributed by atoms with Crippen LogP contribution in [-0.4, -0.2) is 45.4 Å². The maximum Gasteiger partial charge on any atom is 0.256 e. The maximum atomic E-state index is 13.8. The average Bonchev–Trinajstić information content (AvgIpc) is 3.09. The van der Waals surface area contributed by atoms with Crippen LogP contribution in [0.15, 0.2) is 36.7 Å². The number of hydrogen-bond donors (Lipinski definition) is 3. The van der Waals surface area contributed by atoms with Gasteiger partial charge in [0.2, 0.25) is 0 Å². The van der Waals surface area contributed by atoms with Gasteiger partial charge in [0, 0.05) is 18.3 Å². The van der Waals surface area contributed by atoms with E-state index in [1.54, 1.807) is 12.3 Å². The molecule has 1 unspecified atom stereocenters. The van der Waals surface area contributed by atoms with Gasteiger partial charge in [-0.3, -0.25) is 4.79 Å². The van der Waals surface area contributed by atoms with Gasteiger partial charge in [-0.15, -0.1) is 0 Å². The standard InChI is InChI=1S/C18H18FN5O3/c19-11-2-3-15-12(8-11)14(10-25)22-16-4-6-24-17(23-16)13(9-21-24)18(26)20-5-1-7-27-15/h2-4,6,8-9,14,25H,1,5,7,10H2,(H,20,26)(H,22,23). The summed E-state index contributed by atoms with van der Waals surface area (Å²) in [6, 6.07) is 5.20. The number of carbonyl (C=O) groups is 1. The number of rotatable bonds is 1. The van der Waals surface area contributed by atoms with E-state index in [1.807, 2.05) is 0 Å². The molecule has 0 spiro atoms. The highest BCUT2D eigenvalue weighted by Gasteiger charge is 2.20. The van der Waals surface area contributed by atoms with E-state index < -0.39 is 11.9 Å². The molecular formula is C18H18FN5O3. The number of aliphatic hydroxyl groups excluding tert-OH is 1. The number of halogens is 1. The Balaban J connectivity index is 1.79. The first-order valence-corrected chi connectivity index (χ1v) is 8.58. The highest BCUT2D eigenvalue weighted by molar-refractivity contribution is 5.99. The zero-order chi connectivity index (χ0) is 18.8. The van der Waals surface area contributed by atoms with Crippen molar-refractivity contribution in [3.8, 4) is 5.75 Å². The van der Waals surface area contributed by atoms with Crippen molar-refractivity contribution in [1.29, 1.82) is 0 Å². The van der Waals surface area contributed by atoms with Crippen LogP contribution < -0.4 is 15.4 Å². The molecule has 1 aromatic carbocycles. The molecule has 1 aliphatic rings. The van der Waals surface area contributed by atoms with Crippen LogP contribution in [-0.2, 0) is 0 Å². The molecule has 140 valence electrons. The lowest BCUT2D eigenvalue weighted by atomic mass is 10.1. The minimum Gasteiger partial charge on any atom is -0.493 e. The second-order valence-corrected chi connectivity index (χ2v) is 6.16. The Labute approximate surface area is 154 Å². The molecule has 3 aromatic rings. The predicted octanol–water partition coefficient (Wildman–Crippen LogP) is 1.53. The summed E-state index contributed by atoms with van der Waals surface area (Å²) in [5, 5.41) is 19.9. The van der Waals surface area contributed by atoms with Gasteiger partial charge in [-0.25, -0.2) is 13.9 Å². The topological polar surface area (TPSA) is 101 Å². The summed E-state index contributed by atoms with van der Waals surface area (Å²) in [5.74, 6) is 0.196. The SMILES string of the molecule is O=C1NCCCOc2ccc(F)cc2C(CO)Nc2ccn3ncc1c3n2. The fraction of sp³-hybridized carbons (Fsp3) is 0.278. The van der Waals surface area contributed by atoms with E-state index in [2.05, 4.69) is 20.7 Å². The van der Waals surface area contributed by atoms with Gasteiger partial charge in [-0.1, -0.05) is 0 Å². The number of ether oxygens (including phenoxy) is 1. The van der Waals surface area contributed by atoms with Crippen LogP contribution in [0.4, 0.5) is 10.2 Å². The van der Waals surface area contributed by atoms with E-state index in [-0.39, 0.29) is 12.5 Å². The van der Waals surface area contributed by atoms with Crippen molar-refractivity contribution in [1.82, 2.24) is 19.9 Å². The minimum atomic E-state index is -0.631. The van der Waals surface area contributed by atoms with Gasteiger partial charge in [0.15, 0.2) is 5.65 Å². The number of fused-ring (bicyclic) bond motifs is 2. The Morgan fingerprint density at radius 3 is 3.11 bits per heavy atom. The molecule has 3 N–H and O–H groups in total. The molecule has 0 aliphatic carbocycles. The van der Waals surface area contributed by atoms with E-state index in [9.17, 15) is 14.3 Å². The monoisotopic (exact) mass is 371 g/mol. The number of amides is 1. The summed E-state index contributed by atoms with van der Waals surface area (Å²) in [5.41, 5.74) is 1.24. The molecule has 1 amide bonds. The zero-order valence-corrected chi connectivity index (χ0v) is 14.4. The number of nitrogens with zero attached hydrogens (tertiary/aromatic N) is 3. The average molecular weight is 371 g/mol. The first-order chi connectivity index (χ1) is 13.2. The van der Waals surface area contributed by atoms with E-state index >= 15 is 0 Å². The highest BCUT2D eigenvalue weighted by atomic mass is 19.1. The van der Waals surface area contributed by atoms with Crippen molar-refractivity contribution in [2.75, 3.05) is 25.1 Å². The summed E-state index contributed by atoms with van der Waals surface area (Å²) in [4.78, 5) is 16.8. The lowest BCUT2D eigenvalue weighted by Gasteiger charge is -2.21. The third-order valence-corrected chi connectivity index (χ3v) is 4.33. The van der Waals surface area contributed by atoms with E-state index in [4.69, 9.17) is 4.74 Å².